The van der Waals surface area contributed by atoms with Crippen LogP contribution in [-0.2, 0) is 0 Å². The molecule has 3 aromatic rings. The Morgan fingerprint density at radius 1 is 1.00 bits per heavy atom. The molecule has 2 fully saturated rings. The minimum absolute atomic E-state index is 0.0245. The molecule has 5 rings (SSSR count). The zero-order valence-corrected chi connectivity index (χ0v) is 17.2. The second-order valence-electron chi connectivity index (χ2n) is 8.13. The van der Waals surface area contributed by atoms with E-state index in [0.717, 1.165) is 42.9 Å². The van der Waals surface area contributed by atoms with Crippen LogP contribution in [0.15, 0.2) is 67.0 Å². The van der Waals surface area contributed by atoms with Gasteiger partial charge in [0.15, 0.2) is 0 Å². The van der Waals surface area contributed by atoms with Crippen LogP contribution in [0.2, 0.25) is 0 Å². The zero-order chi connectivity index (χ0) is 21.2. The van der Waals surface area contributed by atoms with Gasteiger partial charge < -0.3 is 9.80 Å². The van der Waals surface area contributed by atoms with Crippen LogP contribution in [0.4, 0.5) is 5.82 Å². The standard InChI is InChI=1S/C25H23N5O/c26-16-18-8-12-27-23(15-18)30-14-10-20-9-13-29(17-22(20)30)25(31)24-21(7-4-11-28-24)19-5-2-1-3-6-19/h1-8,11-12,15,20,22H,9-10,13-14,17H2/t20-,22-/m0/s1. The lowest BCUT2D eigenvalue weighted by Gasteiger charge is -2.39. The maximum atomic E-state index is 13.5. The van der Waals surface area contributed by atoms with Crippen molar-refractivity contribution in [3.63, 3.8) is 0 Å². The summed E-state index contributed by atoms with van der Waals surface area (Å²) < 4.78 is 0. The molecule has 0 unspecified atom stereocenters. The van der Waals surface area contributed by atoms with Crippen LogP contribution in [0.1, 0.15) is 28.9 Å². The van der Waals surface area contributed by atoms with E-state index >= 15 is 0 Å². The monoisotopic (exact) mass is 409 g/mol. The quantitative estimate of drug-likeness (QED) is 0.659. The molecule has 0 aliphatic carbocycles. The van der Waals surface area contributed by atoms with E-state index in [0.29, 0.717) is 23.7 Å². The molecule has 2 saturated heterocycles. The average Bonchev–Trinajstić information content (AvgIpc) is 3.27. The van der Waals surface area contributed by atoms with E-state index in [1.165, 1.54) is 0 Å². The van der Waals surface area contributed by atoms with E-state index in [1.807, 2.05) is 53.4 Å². The van der Waals surface area contributed by atoms with Crippen LogP contribution in [0.25, 0.3) is 11.1 Å². The number of fused-ring (bicyclic) bond motifs is 1. The van der Waals surface area contributed by atoms with Crippen LogP contribution in [0, 0.1) is 17.2 Å². The Morgan fingerprint density at radius 3 is 2.68 bits per heavy atom. The summed E-state index contributed by atoms with van der Waals surface area (Å²) in [6, 6.07) is 19.7. The summed E-state index contributed by atoms with van der Waals surface area (Å²) in [5.41, 5.74) is 2.97. The van der Waals surface area contributed by atoms with Gasteiger partial charge in [0, 0.05) is 37.6 Å². The molecular weight excluding hydrogens is 386 g/mol. The number of amides is 1. The van der Waals surface area contributed by atoms with E-state index in [4.69, 9.17) is 0 Å². The van der Waals surface area contributed by atoms with Gasteiger partial charge in [0.1, 0.15) is 11.5 Å². The number of likely N-dealkylation sites (tertiary alicyclic amines) is 1. The maximum Gasteiger partial charge on any atom is 0.273 e. The molecule has 0 radical (unpaired) electrons. The van der Waals surface area contributed by atoms with Crippen molar-refractivity contribution in [3.8, 4) is 17.2 Å². The van der Waals surface area contributed by atoms with Crippen LogP contribution in [0.3, 0.4) is 0 Å². The lowest BCUT2D eigenvalue weighted by atomic mass is 9.91. The van der Waals surface area contributed by atoms with Gasteiger partial charge in [0.25, 0.3) is 5.91 Å². The Kier molecular flexibility index (Phi) is 5.09. The topological polar surface area (TPSA) is 73.1 Å². The van der Waals surface area contributed by atoms with Crippen LogP contribution in [-0.4, -0.2) is 46.5 Å². The SMILES string of the molecule is N#Cc1ccnc(N2CC[C@@H]3CCN(C(=O)c4ncccc4-c4ccccc4)C[C@@H]32)c1. The average molecular weight is 409 g/mol. The fraction of sp³-hybridized carbons (Fsp3) is 0.280. The first-order valence-corrected chi connectivity index (χ1v) is 10.7. The summed E-state index contributed by atoms with van der Waals surface area (Å²) in [7, 11) is 0. The molecule has 2 aromatic heterocycles. The number of anilines is 1. The van der Waals surface area contributed by atoms with E-state index in [-0.39, 0.29) is 11.9 Å². The first kappa shape index (κ1) is 19.3. The van der Waals surface area contributed by atoms with Crippen LogP contribution >= 0.6 is 0 Å². The molecule has 31 heavy (non-hydrogen) atoms. The predicted molar refractivity (Wildman–Crippen MR) is 118 cm³/mol. The van der Waals surface area contributed by atoms with Gasteiger partial charge in [-0.3, -0.25) is 9.78 Å². The highest BCUT2D eigenvalue weighted by Crippen LogP contribution is 2.35. The molecule has 154 valence electrons. The van der Waals surface area contributed by atoms with E-state index in [9.17, 15) is 10.1 Å². The third-order valence-corrected chi connectivity index (χ3v) is 6.41. The van der Waals surface area contributed by atoms with Gasteiger partial charge in [-0.2, -0.15) is 5.26 Å². The summed E-state index contributed by atoms with van der Waals surface area (Å²) in [6.07, 6.45) is 5.43. The Labute approximate surface area is 181 Å². The summed E-state index contributed by atoms with van der Waals surface area (Å²) >= 11 is 0. The van der Waals surface area contributed by atoms with Gasteiger partial charge in [0.05, 0.1) is 17.7 Å². The van der Waals surface area contributed by atoms with Crippen molar-refractivity contribution in [2.75, 3.05) is 24.5 Å². The lowest BCUT2D eigenvalue weighted by molar-refractivity contribution is 0.0673. The molecule has 0 spiro atoms. The van der Waals surface area contributed by atoms with Crippen molar-refractivity contribution in [1.82, 2.24) is 14.9 Å². The molecular formula is C25H23N5O. The summed E-state index contributed by atoms with van der Waals surface area (Å²) in [4.78, 5) is 26.7. The zero-order valence-electron chi connectivity index (χ0n) is 17.2. The minimum atomic E-state index is -0.0245. The highest BCUT2D eigenvalue weighted by atomic mass is 16.2. The second kappa shape index (κ2) is 8.19. The number of pyridine rings is 2. The Hall–Kier alpha value is -3.72. The maximum absolute atomic E-state index is 13.5. The number of hydrogen-bond donors (Lipinski definition) is 0. The minimum Gasteiger partial charge on any atom is -0.352 e. The van der Waals surface area contributed by atoms with Gasteiger partial charge in [-0.15, -0.1) is 0 Å². The Morgan fingerprint density at radius 2 is 1.84 bits per heavy atom. The molecule has 0 N–H and O–H groups in total. The normalized spacial score (nSPS) is 20.2. The van der Waals surface area contributed by atoms with Gasteiger partial charge in [-0.1, -0.05) is 36.4 Å². The van der Waals surface area contributed by atoms with Crippen molar-refractivity contribution in [2.45, 2.75) is 18.9 Å². The molecule has 4 heterocycles. The largest absolute Gasteiger partial charge is 0.352 e. The molecule has 2 aliphatic heterocycles. The molecule has 1 amide bonds. The molecule has 2 atom stereocenters. The van der Waals surface area contributed by atoms with Gasteiger partial charge >= 0.3 is 0 Å². The van der Waals surface area contributed by atoms with Crippen molar-refractivity contribution in [1.29, 1.82) is 5.26 Å². The predicted octanol–water partition coefficient (Wildman–Crippen LogP) is 3.76. The second-order valence-corrected chi connectivity index (χ2v) is 8.13. The number of nitriles is 1. The van der Waals surface area contributed by atoms with Crippen LogP contribution in [0.5, 0.6) is 0 Å². The number of benzene rings is 1. The third kappa shape index (κ3) is 3.64. The molecule has 1 aromatic carbocycles. The number of piperidine rings is 1. The van der Waals surface area contributed by atoms with Crippen molar-refractivity contribution >= 4 is 11.7 Å². The number of aromatic nitrogens is 2. The molecule has 0 bridgehead atoms. The lowest BCUT2D eigenvalue weighted by Crippen LogP contribution is -2.50. The number of hydrogen-bond acceptors (Lipinski definition) is 5. The summed E-state index contributed by atoms with van der Waals surface area (Å²) in [5.74, 6) is 1.33. The smallest absolute Gasteiger partial charge is 0.273 e. The van der Waals surface area contributed by atoms with E-state index < -0.39 is 0 Å². The Balaban J connectivity index is 1.41. The summed E-state index contributed by atoms with van der Waals surface area (Å²) in [5, 5.41) is 9.24. The fourth-order valence-electron chi connectivity index (χ4n) is 4.83. The first-order chi connectivity index (χ1) is 15.2. The Bertz CT molecular complexity index is 1140. The highest BCUT2D eigenvalue weighted by molar-refractivity contribution is 5.99. The third-order valence-electron chi connectivity index (χ3n) is 6.41. The van der Waals surface area contributed by atoms with E-state index in [1.54, 1.807) is 18.5 Å². The molecule has 6 heteroatoms. The van der Waals surface area contributed by atoms with Crippen LogP contribution < -0.4 is 4.90 Å². The molecule has 2 aliphatic rings. The summed E-state index contributed by atoms with van der Waals surface area (Å²) in [6.45, 7) is 2.29. The fourth-order valence-corrected chi connectivity index (χ4v) is 4.83. The number of nitrogens with zero attached hydrogens (tertiary/aromatic N) is 5. The first-order valence-electron chi connectivity index (χ1n) is 10.7. The van der Waals surface area contributed by atoms with E-state index in [2.05, 4.69) is 20.9 Å². The van der Waals surface area contributed by atoms with Gasteiger partial charge in [-0.25, -0.2) is 4.98 Å². The molecule has 6 nitrogen and oxygen atoms in total. The van der Waals surface area contributed by atoms with Crippen molar-refractivity contribution in [2.24, 2.45) is 5.92 Å². The highest BCUT2D eigenvalue weighted by Gasteiger charge is 2.40. The van der Waals surface area contributed by atoms with Crippen molar-refractivity contribution in [3.05, 3.63) is 78.2 Å². The van der Waals surface area contributed by atoms with Gasteiger partial charge in [-0.05, 0) is 42.5 Å². The number of rotatable bonds is 3. The van der Waals surface area contributed by atoms with Crippen molar-refractivity contribution < 1.29 is 4.79 Å². The number of carbonyl (C=O) groups excluding carboxylic acids is 1. The number of carbonyl (C=O) groups is 1. The van der Waals surface area contributed by atoms with Gasteiger partial charge in [0.2, 0.25) is 0 Å². The molecule has 0 saturated carbocycles.